The molecule has 0 radical (unpaired) electrons. The van der Waals surface area contributed by atoms with Gasteiger partial charge in [0.2, 0.25) is 5.88 Å². The average Bonchev–Trinajstić information content (AvgIpc) is 2.87. The molecule has 11 heteroatoms. The molecule has 0 aliphatic rings. The molecule has 2 aromatic carbocycles. The first-order valence-electron chi connectivity index (χ1n) is 10.9. The molecule has 0 spiro atoms. The molecular formula is C26H24ClIN4O5. The molecular weight excluding hydrogens is 611 g/mol. The highest BCUT2D eigenvalue weighted by Gasteiger charge is 2.15. The first kappa shape index (κ1) is 28.2. The van der Waals surface area contributed by atoms with Crippen molar-refractivity contribution in [3.05, 3.63) is 79.0 Å². The Labute approximate surface area is 233 Å². The van der Waals surface area contributed by atoms with Gasteiger partial charge in [-0.1, -0.05) is 23.7 Å². The lowest BCUT2D eigenvalue weighted by Gasteiger charge is -2.13. The number of halogens is 2. The lowest BCUT2D eigenvalue weighted by Crippen LogP contribution is -2.25. The number of ether oxygens (including phenoxy) is 4. The van der Waals surface area contributed by atoms with Crippen molar-refractivity contribution < 1.29 is 23.7 Å². The number of hydrazone groups is 1. The molecule has 0 unspecified atom stereocenters. The quantitative estimate of drug-likeness (QED) is 0.183. The summed E-state index contributed by atoms with van der Waals surface area (Å²) in [6.07, 6.45) is 1.48. The zero-order valence-electron chi connectivity index (χ0n) is 20.4. The van der Waals surface area contributed by atoms with Gasteiger partial charge in [-0.3, -0.25) is 4.79 Å². The van der Waals surface area contributed by atoms with E-state index in [1.807, 2.05) is 24.3 Å². The number of aryl methyl sites for hydroxylation is 1. The van der Waals surface area contributed by atoms with Gasteiger partial charge in [0.1, 0.15) is 18.2 Å². The third-order valence-electron chi connectivity index (χ3n) is 4.90. The molecule has 3 aromatic rings. The number of hydrogen-bond donors (Lipinski definition) is 1. The van der Waals surface area contributed by atoms with Gasteiger partial charge in [-0.25, -0.2) is 10.4 Å². The van der Waals surface area contributed by atoms with E-state index >= 15 is 0 Å². The van der Waals surface area contributed by atoms with Crippen molar-refractivity contribution >= 4 is 46.3 Å². The van der Waals surface area contributed by atoms with Crippen LogP contribution in [0.25, 0.3) is 0 Å². The number of nitrogens with one attached hydrogen (secondary N) is 1. The summed E-state index contributed by atoms with van der Waals surface area (Å²) in [4.78, 5) is 16.5. The van der Waals surface area contributed by atoms with E-state index in [0.29, 0.717) is 39.9 Å². The van der Waals surface area contributed by atoms with Crippen LogP contribution >= 0.6 is 34.2 Å². The molecule has 192 valence electrons. The van der Waals surface area contributed by atoms with Gasteiger partial charge in [0.25, 0.3) is 5.91 Å². The second-order valence-electron chi connectivity index (χ2n) is 7.68. The molecule has 0 aliphatic heterocycles. The van der Waals surface area contributed by atoms with Crippen LogP contribution in [0.4, 0.5) is 0 Å². The summed E-state index contributed by atoms with van der Waals surface area (Å²) >= 11 is 8.08. The molecule has 1 amide bonds. The van der Waals surface area contributed by atoms with Crippen LogP contribution in [0.1, 0.15) is 27.9 Å². The number of nitrogens with zero attached hydrogens (tertiary/aromatic N) is 3. The fourth-order valence-electron chi connectivity index (χ4n) is 3.24. The van der Waals surface area contributed by atoms with Crippen molar-refractivity contribution in [2.75, 3.05) is 20.8 Å². The molecule has 0 aliphatic carbocycles. The summed E-state index contributed by atoms with van der Waals surface area (Å²) in [6, 6.07) is 14.8. The van der Waals surface area contributed by atoms with Gasteiger partial charge in [-0.05, 0) is 71.0 Å². The number of aromatic nitrogens is 1. The second kappa shape index (κ2) is 13.8. The van der Waals surface area contributed by atoms with E-state index in [2.05, 4.69) is 38.1 Å². The van der Waals surface area contributed by atoms with E-state index in [4.69, 9.17) is 30.5 Å². The topological polar surface area (TPSA) is 115 Å². The first-order valence-corrected chi connectivity index (χ1v) is 12.4. The van der Waals surface area contributed by atoms with Crippen molar-refractivity contribution in [2.45, 2.75) is 20.1 Å². The lowest BCUT2D eigenvalue weighted by molar-refractivity contribution is -0.123. The molecule has 0 saturated carbocycles. The molecule has 1 N–H and O–H groups in total. The zero-order chi connectivity index (χ0) is 26.8. The maximum absolute atomic E-state index is 12.2. The fraction of sp³-hybridized carbons (Fsp3) is 0.231. The molecule has 0 bridgehead atoms. The standard InChI is InChI=1S/C26H24ClIN4O5/c1-16-8-19(14-34-2)21(11-29)26(31-16)37-15-24(33)32-30-12-18-9-22(28)25(23(10-18)35-3)36-13-17-4-6-20(27)7-5-17/h4-10,12H,13-15H2,1-3H3,(H,32,33). The Balaban J connectivity index is 1.61. The van der Waals surface area contributed by atoms with Gasteiger partial charge in [0.05, 0.1) is 23.5 Å². The number of benzene rings is 2. The number of amides is 1. The number of carbonyl (C=O) groups excluding carboxylic acids is 1. The predicted octanol–water partition coefficient (Wildman–Crippen LogP) is 4.78. The van der Waals surface area contributed by atoms with Gasteiger partial charge in [-0.2, -0.15) is 10.4 Å². The largest absolute Gasteiger partial charge is 0.493 e. The average molecular weight is 635 g/mol. The Morgan fingerprint density at radius 2 is 1.95 bits per heavy atom. The summed E-state index contributed by atoms with van der Waals surface area (Å²) in [6.45, 7) is 1.98. The maximum atomic E-state index is 12.2. The van der Waals surface area contributed by atoms with E-state index in [1.54, 1.807) is 38.3 Å². The molecule has 1 heterocycles. The van der Waals surface area contributed by atoms with Gasteiger partial charge >= 0.3 is 0 Å². The molecule has 0 saturated heterocycles. The minimum atomic E-state index is -0.513. The highest BCUT2D eigenvalue weighted by molar-refractivity contribution is 14.1. The van der Waals surface area contributed by atoms with E-state index < -0.39 is 5.91 Å². The number of rotatable bonds is 11. The summed E-state index contributed by atoms with van der Waals surface area (Å²) in [7, 11) is 3.08. The Kier molecular flexibility index (Phi) is 10.5. The Morgan fingerprint density at radius 3 is 2.62 bits per heavy atom. The fourth-order valence-corrected chi connectivity index (χ4v) is 4.15. The summed E-state index contributed by atoms with van der Waals surface area (Å²) in [5.74, 6) is 0.682. The van der Waals surface area contributed by atoms with Crippen LogP contribution in [0.5, 0.6) is 17.4 Å². The van der Waals surface area contributed by atoms with Crippen LogP contribution in [0.2, 0.25) is 5.02 Å². The Hall–Kier alpha value is -3.40. The molecule has 0 atom stereocenters. The first-order chi connectivity index (χ1) is 17.8. The smallest absolute Gasteiger partial charge is 0.278 e. The molecule has 37 heavy (non-hydrogen) atoms. The van der Waals surface area contributed by atoms with Crippen molar-refractivity contribution in [3.8, 4) is 23.4 Å². The molecule has 3 rings (SSSR count). The lowest BCUT2D eigenvalue weighted by atomic mass is 10.1. The van der Waals surface area contributed by atoms with E-state index in [9.17, 15) is 10.1 Å². The third kappa shape index (κ3) is 8.04. The zero-order valence-corrected chi connectivity index (χ0v) is 23.3. The third-order valence-corrected chi connectivity index (χ3v) is 5.95. The van der Waals surface area contributed by atoms with Crippen molar-refractivity contribution in [2.24, 2.45) is 5.10 Å². The van der Waals surface area contributed by atoms with Crippen LogP contribution in [-0.2, 0) is 22.7 Å². The van der Waals surface area contributed by atoms with E-state index in [-0.39, 0.29) is 24.7 Å². The monoisotopic (exact) mass is 634 g/mol. The number of nitriles is 1. The summed E-state index contributed by atoms with van der Waals surface area (Å²) in [5, 5.41) is 14.1. The predicted molar refractivity (Wildman–Crippen MR) is 147 cm³/mol. The number of pyridine rings is 1. The van der Waals surface area contributed by atoms with Crippen LogP contribution in [0, 0.1) is 21.8 Å². The van der Waals surface area contributed by atoms with E-state index in [0.717, 1.165) is 9.13 Å². The number of carbonyl (C=O) groups is 1. The summed E-state index contributed by atoms with van der Waals surface area (Å²) in [5.41, 5.74) is 5.56. The van der Waals surface area contributed by atoms with Crippen molar-refractivity contribution in [1.82, 2.24) is 10.4 Å². The van der Waals surface area contributed by atoms with Crippen LogP contribution in [0.3, 0.4) is 0 Å². The van der Waals surface area contributed by atoms with Crippen molar-refractivity contribution in [1.29, 1.82) is 5.26 Å². The van der Waals surface area contributed by atoms with Crippen molar-refractivity contribution in [3.63, 3.8) is 0 Å². The van der Waals surface area contributed by atoms with Gasteiger partial charge in [0.15, 0.2) is 18.1 Å². The minimum absolute atomic E-state index is 0.0714. The highest BCUT2D eigenvalue weighted by atomic mass is 127. The summed E-state index contributed by atoms with van der Waals surface area (Å²) < 4.78 is 22.9. The normalized spacial score (nSPS) is 10.7. The minimum Gasteiger partial charge on any atom is -0.493 e. The SMILES string of the molecule is COCc1cc(C)nc(OCC(=O)NN=Cc2cc(I)c(OCc3ccc(Cl)cc3)c(OC)c2)c1C#N. The van der Waals surface area contributed by atoms with Gasteiger partial charge < -0.3 is 18.9 Å². The van der Waals surface area contributed by atoms with Gasteiger partial charge in [0, 0.05) is 23.4 Å². The van der Waals surface area contributed by atoms with Crippen LogP contribution in [-0.4, -0.2) is 37.9 Å². The van der Waals surface area contributed by atoms with Crippen LogP contribution < -0.4 is 19.6 Å². The van der Waals surface area contributed by atoms with Gasteiger partial charge in [-0.15, -0.1) is 0 Å². The number of hydrogen-bond acceptors (Lipinski definition) is 8. The highest BCUT2D eigenvalue weighted by Crippen LogP contribution is 2.34. The molecule has 0 fully saturated rings. The Bertz CT molecular complexity index is 1330. The molecule has 9 nitrogen and oxygen atoms in total. The van der Waals surface area contributed by atoms with E-state index in [1.165, 1.54) is 13.3 Å². The van der Waals surface area contributed by atoms with Crippen LogP contribution in [0.15, 0.2) is 47.6 Å². The molecule has 1 aromatic heterocycles. The second-order valence-corrected chi connectivity index (χ2v) is 9.28. The maximum Gasteiger partial charge on any atom is 0.278 e. The Morgan fingerprint density at radius 1 is 1.19 bits per heavy atom. The number of methoxy groups -OCH3 is 2.